The topological polar surface area (TPSA) is 12.0 Å². The molecule has 0 amide bonds. The van der Waals surface area contributed by atoms with E-state index in [4.69, 9.17) is 0 Å². The Balaban J connectivity index is 2.40. The fourth-order valence-electron chi connectivity index (χ4n) is 1.48. The van der Waals surface area contributed by atoms with Crippen LogP contribution in [0.15, 0.2) is 22.7 Å². The van der Waals surface area contributed by atoms with E-state index in [1.54, 1.807) is 6.07 Å². The van der Waals surface area contributed by atoms with Crippen LogP contribution in [0.25, 0.3) is 0 Å². The first-order valence-corrected chi connectivity index (χ1v) is 7.46. The Labute approximate surface area is 109 Å². The molecule has 1 aromatic rings. The van der Waals surface area contributed by atoms with Gasteiger partial charge in [0.25, 0.3) is 0 Å². The Bertz CT molecular complexity index is 333. The van der Waals surface area contributed by atoms with Crippen molar-refractivity contribution in [2.45, 2.75) is 13.5 Å². The zero-order chi connectivity index (χ0) is 12.0. The number of hydrogen-bond acceptors (Lipinski definition) is 2. The lowest BCUT2D eigenvalue weighted by Crippen LogP contribution is -2.22. The monoisotopic (exact) mass is 305 g/mol. The number of halogens is 2. The van der Waals surface area contributed by atoms with Crippen LogP contribution in [-0.2, 0) is 6.54 Å². The Morgan fingerprint density at radius 3 is 2.94 bits per heavy atom. The van der Waals surface area contributed by atoms with Crippen molar-refractivity contribution in [2.24, 2.45) is 5.92 Å². The van der Waals surface area contributed by atoms with Gasteiger partial charge < -0.3 is 5.32 Å². The van der Waals surface area contributed by atoms with Crippen molar-refractivity contribution < 1.29 is 4.39 Å². The lowest BCUT2D eigenvalue weighted by Gasteiger charge is -2.12. The van der Waals surface area contributed by atoms with Crippen LogP contribution in [0, 0.1) is 11.7 Å². The summed E-state index contributed by atoms with van der Waals surface area (Å²) in [6.45, 7) is 3.88. The highest BCUT2D eigenvalue weighted by Gasteiger charge is 2.05. The maximum Gasteiger partial charge on any atom is 0.137 e. The molecular weight excluding hydrogens is 289 g/mol. The van der Waals surface area contributed by atoms with Crippen LogP contribution in [0.1, 0.15) is 12.5 Å². The molecule has 0 aliphatic heterocycles. The van der Waals surface area contributed by atoms with Crippen LogP contribution in [-0.4, -0.2) is 18.6 Å². The molecule has 0 heterocycles. The second kappa shape index (κ2) is 7.30. The molecule has 4 heteroatoms. The molecule has 1 atom stereocenters. The van der Waals surface area contributed by atoms with Gasteiger partial charge in [-0.05, 0) is 52.0 Å². The molecule has 0 aromatic heterocycles. The predicted octanol–water partition coefficient (Wildman–Crippen LogP) is 3.68. The first kappa shape index (κ1) is 14.0. The van der Waals surface area contributed by atoms with Gasteiger partial charge in [-0.2, -0.15) is 11.8 Å². The molecular formula is C12H17BrFNS. The van der Waals surface area contributed by atoms with E-state index >= 15 is 0 Å². The van der Waals surface area contributed by atoms with Gasteiger partial charge in [0.2, 0.25) is 0 Å². The summed E-state index contributed by atoms with van der Waals surface area (Å²) in [5, 5.41) is 3.34. The molecule has 0 bridgehead atoms. The van der Waals surface area contributed by atoms with Crippen LogP contribution in [0.5, 0.6) is 0 Å². The molecule has 1 rings (SSSR count). The zero-order valence-corrected chi connectivity index (χ0v) is 12.0. The zero-order valence-electron chi connectivity index (χ0n) is 9.59. The molecule has 1 aromatic carbocycles. The minimum Gasteiger partial charge on any atom is -0.312 e. The van der Waals surface area contributed by atoms with E-state index in [0.717, 1.165) is 17.9 Å². The molecule has 0 aliphatic carbocycles. The first-order chi connectivity index (χ1) is 7.65. The highest BCUT2D eigenvalue weighted by molar-refractivity contribution is 9.10. The van der Waals surface area contributed by atoms with Crippen molar-refractivity contribution in [1.82, 2.24) is 5.32 Å². The van der Waals surface area contributed by atoms with E-state index < -0.39 is 0 Å². The van der Waals surface area contributed by atoms with E-state index in [-0.39, 0.29) is 5.82 Å². The molecule has 90 valence electrons. The van der Waals surface area contributed by atoms with Gasteiger partial charge in [-0.15, -0.1) is 0 Å². The molecule has 1 nitrogen and oxygen atoms in total. The van der Waals surface area contributed by atoms with E-state index in [0.29, 0.717) is 16.9 Å². The molecule has 0 aliphatic rings. The average Bonchev–Trinajstić information content (AvgIpc) is 2.25. The van der Waals surface area contributed by atoms with Gasteiger partial charge in [-0.25, -0.2) is 4.39 Å². The van der Waals surface area contributed by atoms with Gasteiger partial charge in [0.1, 0.15) is 5.82 Å². The molecule has 0 spiro atoms. The number of rotatable bonds is 6. The van der Waals surface area contributed by atoms with E-state index in [9.17, 15) is 4.39 Å². The van der Waals surface area contributed by atoms with Gasteiger partial charge >= 0.3 is 0 Å². The van der Waals surface area contributed by atoms with Crippen molar-refractivity contribution in [2.75, 3.05) is 18.6 Å². The Morgan fingerprint density at radius 2 is 2.25 bits per heavy atom. The SMILES string of the molecule is CSCC(C)CNCc1cccc(F)c1Br. The fraction of sp³-hybridized carbons (Fsp3) is 0.500. The van der Waals surface area contributed by atoms with Crippen LogP contribution in [0.3, 0.4) is 0 Å². The third-order valence-electron chi connectivity index (χ3n) is 2.29. The van der Waals surface area contributed by atoms with Crippen LogP contribution >= 0.6 is 27.7 Å². The van der Waals surface area contributed by atoms with Gasteiger partial charge in [0, 0.05) is 6.54 Å². The van der Waals surface area contributed by atoms with Crippen LogP contribution < -0.4 is 5.32 Å². The summed E-state index contributed by atoms with van der Waals surface area (Å²) in [6, 6.07) is 5.13. The van der Waals surface area contributed by atoms with E-state index in [1.165, 1.54) is 6.07 Å². The first-order valence-electron chi connectivity index (χ1n) is 5.27. The third kappa shape index (κ3) is 4.44. The molecule has 0 saturated heterocycles. The number of benzene rings is 1. The minimum absolute atomic E-state index is 0.198. The maximum atomic E-state index is 13.2. The quantitative estimate of drug-likeness (QED) is 0.860. The fourth-order valence-corrected chi connectivity index (χ4v) is 2.57. The molecule has 0 fully saturated rings. The number of thioether (sulfide) groups is 1. The van der Waals surface area contributed by atoms with Crippen molar-refractivity contribution >= 4 is 27.7 Å². The van der Waals surface area contributed by atoms with Gasteiger partial charge in [0.05, 0.1) is 4.47 Å². The summed E-state index contributed by atoms with van der Waals surface area (Å²) >= 11 is 5.11. The average molecular weight is 306 g/mol. The van der Waals surface area contributed by atoms with Gasteiger partial charge in [-0.1, -0.05) is 19.1 Å². The molecule has 1 N–H and O–H groups in total. The third-order valence-corrected chi connectivity index (χ3v) is 4.08. The van der Waals surface area contributed by atoms with Crippen LogP contribution in [0.2, 0.25) is 0 Å². The number of nitrogens with one attached hydrogen (secondary N) is 1. The summed E-state index contributed by atoms with van der Waals surface area (Å²) in [6.07, 6.45) is 2.11. The van der Waals surface area contributed by atoms with Crippen molar-refractivity contribution in [3.05, 3.63) is 34.1 Å². The Kier molecular flexibility index (Phi) is 6.39. The largest absolute Gasteiger partial charge is 0.312 e. The summed E-state index contributed by atoms with van der Waals surface area (Å²) in [5.41, 5.74) is 0.969. The molecule has 1 unspecified atom stereocenters. The van der Waals surface area contributed by atoms with Crippen molar-refractivity contribution in [3.8, 4) is 0 Å². The standard InChI is InChI=1S/C12H17BrFNS/c1-9(8-16-2)6-15-7-10-4-3-5-11(14)12(10)13/h3-5,9,15H,6-8H2,1-2H3. The summed E-state index contributed by atoms with van der Waals surface area (Å²) in [5.74, 6) is 1.59. The Morgan fingerprint density at radius 1 is 1.50 bits per heavy atom. The maximum absolute atomic E-state index is 13.2. The summed E-state index contributed by atoms with van der Waals surface area (Å²) in [7, 11) is 0. The van der Waals surface area contributed by atoms with E-state index in [1.807, 2.05) is 17.8 Å². The highest BCUT2D eigenvalue weighted by Crippen LogP contribution is 2.20. The lowest BCUT2D eigenvalue weighted by atomic mass is 10.2. The van der Waals surface area contributed by atoms with Crippen LogP contribution in [0.4, 0.5) is 4.39 Å². The summed E-state index contributed by atoms with van der Waals surface area (Å²) < 4.78 is 13.8. The lowest BCUT2D eigenvalue weighted by molar-refractivity contribution is 0.555. The molecule has 0 radical (unpaired) electrons. The highest BCUT2D eigenvalue weighted by atomic mass is 79.9. The summed E-state index contributed by atoms with van der Waals surface area (Å²) in [4.78, 5) is 0. The molecule has 0 saturated carbocycles. The second-order valence-corrected chi connectivity index (χ2v) is 5.61. The number of hydrogen-bond donors (Lipinski definition) is 1. The second-order valence-electron chi connectivity index (χ2n) is 3.90. The van der Waals surface area contributed by atoms with Crippen molar-refractivity contribution in [3.63, 3.8) is 0 Å². The van der Waals surface area contributed by atoms with E-state index in [2.05, 4.69) is 34.4 Å². The minimum atomic E-state index is -0.198. The van der Waals surface area contributed by atoms with Gasteiger partial charge in [-0.3, -0.25) is 0 Å². The smallest absolute Gasteiger partial charge is 0.137 e. The molecule has 16 heavy (non-hydrogen) atoms. The van der Waals surface area contributed by atoms with Gasteiger partial charge in [0.15, 0.2) is 0 Å². The van der Waals surface area contributed by atoms with Crippen molar-refractivity contribution in [1.29, 1.82) is 0 Å². The normalized spacial score (nSPS) is 12.8. The predicted molar refractivity (Wildman–Crippen MR) is 73.4 cm³/mol. The Hall–Kier alpha value is -0.0600.